The number of ether oxygens (including phenoxy) is 3. The molecule has 2 amide bonds. The van der Waals surface area contributed by atoms with Gasteiger partial charge in [-0.2, -0.15) is 8.78 Å². The lowest BCUT2D eigenvalue weighted by atomic mass is 10.1. The highest BCUT2D eigenvalue weighted by atomic mass is 19.3. The molecule has 0 unspecified atom stereocenters. The standard InChI is InChI=1S/C19H18F2N2O6/c1-2-27-19(26)23-16(24)11-28-17(25)14-5-3-4-6-15(14)22-12-7-9-13(10-8-12)29-18(20)21/h3-10,18,22H,2,11H2,1H3,(H,23,24,26). The normalized spacial score (nSPS) is 10.2. The van der Waals surface area contributed by atoms with E-state index in [2.05, 4.69) is 14.8 Å². The van der Waals surface area contributed by atoms with E-state index in [4.69, 9.17) is 4.74 Å². The second-order valence-electron chi connectivity index (χ2n) is 5.42. The Balaban J connectivity index is 1.99. The Morgan fingerprint density at radius 3 is 2.34 bits per heavy atom. The monoisotopic (exact) mass is 408 g/mol. The van der Waals surface area contributed by atoms with Gasteiger partial charge in [-0.1, -0.05) is 12.1 Å². The second-order valence-corrected chi connectivity index (χ2v) is 5.42. The molecule has 154 valence electrons. The van der Waals surface area contributed by atoms with Gasteiger partial charge >= 0.3 is 18.7 Å². The SMILES string of the molecule is CCOC(=O)NC(=O)COC(=O)c1ccccc1Nc1ccc(OC(F)F)cc1. The van der Waals surface area contributed by atoms with E-state index in [9.17, 15) is 23.2 Å². The fourth-order valence-electron chi connectivity index (χ4n) is 2.17. The third kappa shape index (κ3) is 7.09. The Morgan fingerprint density at radius 1 is 1.00 bits per heavy atom. The first-order chi connectivity index (χ1) is 13.9. The number of hydrogen-bond donors (Lipinski definition) is 2. The first-order valence-electron chi connectivity index (χ1n) is 8.43. The number of imide groups is 1. The molecule has 2 rings (SSSR count). The largest absolute Gasteiger partial charge is 0.452 e. The average Bonchev–Trinajstić information content (AvgIpc) is 2.68. The van der Waals surface area contributed by atoms with Crippen molar-refractivity contribution in [3.05, 3.63) is 54.1 Å². The molecule has 0 bridgehead atoms. The molecule has 2 aromatic carbocycles. The molecular weight excluding hydrogens is 390 g/mol. The van der Waals surface area contributed by atoms with Crippen molar-refractivity contribution in [2.75, 3.05) is 18.5 Å². The van der Waals surface area contributed by atoms with Gasteiger partial charge in [0.15, 0.2) is 6.61 Å². The zero-order chi connectivity index (χ0) is 21.2. The lowest BCUT2D eigenvalue weighted by molar-refractivity contribution is -0.123. The van der Waals surface area contributed by atoms with Crippen LogP contribution in [0, 0.1) is 0 Å². The first kappa shape index (κ1) is 21.6. The van der Waals surface area contributed by atoms with Gasteiger partial charge in [-0.25, -0.2) is 9.59 Å². The highest BCUT2D eigenvalue weighted by Gasteiger charge is 2.16. The fraction of sp³-hybridized carbons (Fsp3) is 0.211. The third-order valence-corrected chi connectivity index (χ3v) is 3.36. The predicted octanol–water partition coefficient (Wildman–Crippen LogP) is 3.46. The van der Waals surface area contributed by atoms with Crippen molar-refractivity contribution in [1.82, 2.24) is 5.32 Å². The molecule has 0 aliphatic carbocycles. The summed E-state index contributed by atoms with van der Waals surface area (Å²) in [6.07, 6.45) is -0.935. The number of anilines is 2. The summed E-state index contributed by atoms with van der Waals surface area (Å²) >= 11 is 0. The smallest absolute Gasteiger partial charge is 0.413 e. The van der Waals surface area contributed by atoms with E-state index in [1.807, 2.05) is 5.32 Å². The summed E-state index contributed by atoms with van der Waals surface area (Å²) in [6, 6.07) is 12.0. The van der Waals surface area contributed by atoms with Crippen molar-refractivity contribution in [2.45, 2.75) is 13.5 Å². The van der Waals surface area contributed by atoms with E-state index in [0.29, 0.717) is 11.4 Å². The summed E-state index contributed by atoms with van der Waals surface area (Å²) in [5.74, 6) is -1.65. The van der Waals surface area contributed by atoms with Gasteiger partial charge in [0.1, 0.15) is 5.75 Å². The van der Waals surface area contributed by atoms with Crippen molar-refractivity contribution in [1.29, 1.82) is 0 Å². The topological polar surface area (TPSA) is 103 Å². The molecule has 0 spiro atoms. The molecule has 0 atom stereocenters. The van der Waals surface area contributed by atoms with Crippen LogP contribution in [0.3, 0.4) is 0 Å². The van der Waals surface area contributed by atoms with Gasteiger partial charge in [-0.05, 0) is 43.3 Å². The summed E-state index contributed by atoms with van der Waals surface area (Å²) in [5, 5.41) is 4.85. The molecule has 0 aliphatic rings. The first-order valence-corrected chi connectivity index (χ1v) is 8.43. The number of nitrogens with one attached hydrogen (secondary N) is 2. The van der Waals surface area contributed by atoms with E-state index in [1.54, 1.807) is 25.1 Å². The highest BCUT2D eigenvalue weighted by Crippen LogP contribution is 2.24. The van der Waals surface area contributed by atoms with Crippen LogP contribution in [0.25, 0.3) is 0 Å². The van der Waals surface area contributed by atoms with Crippen LogP contribution in [0.1, 0.15) is 17.3 Å². The van der Waals surface area contributed by atoms with Crippen molar-refractivity contribution < 1.29 is 37.4 Å². The number of hydrogen-bond acceptors (Lipinski definition) is 7. The molecule has 0 aromatic heterocycles. The maximum Gasteiger partial charge on any atom is 0.413 e. The van der Waals surface area contributed by atoms with Gasteiger partial charge in [0.05, 0.1) is 17.9 Å². The Labute approximate surface area is 164 Å². The second kappa shape index (κ2) is 10.6. The van der Waals surface area contributed by atoms with Crippen LogP contribution in [0.2, 0.25) is 0 Å². The number of amides is 2. The molecule has 0 heterocycles. The quantitative estimate of drug-likeness (QED) is 0.645. The number of halogens is 2. The van der Waals surface area contributed by atoms with E-state index in [1.165, 1.54) is 30.3 Å². The Bertz CT molecular complexity index is 858. The molecule has 0 saturated heterocycles. The number of carbonyl (C=O) groups is 3. The van der Waals surface area contributed by atoms with E-state index in [0.717, 1.165) is 0 Å². The van der Waals surface area contributed by atoms with Gasteiger partial charge in [0.2, 0.25) is 0 Å². The van der Waals surface area contributed by atoms with Crippen LogP contribution in [0.15, 0.2) is 48.5 Å². The van der Waals surface area contributed by atoms with Crippen LogP contribution in [-0.4, -0.2) is 37.8 Å². The van der Waals surface area contributed by atoms with Gasteiger partial charge < -0.3 is 19.5 Å². The fourth-order valence-corrected chi connectivity index (χ4v) is 2.17. The molecule has 29 heavy (non-hydrogen) atoms. The number of para-hydroxylation sites is 1. The molecule has 0 aliphatic heterocycles. The average molecular weight is 408 g/mol. The van der Waals surface area contributed by atoms with Gasteiger partial charge in [-0.3, -0.25) is 10.1 Å². The lowest BCUT2D eigenvalue weighted by Gasteiger charge is -2.12. The van der Waals surface area contributed by atoms with Crippen molar-refractivity contribution in [3.63, 3.8) is 0 Å². The van der Waals surface area contributed by atoms with Gasteiger partial charge in [0, 0.05) is 5.69 Å². The molecular formula is C19H18F2N2O6. The van der Waals surface area contributed by atoms with E-state index >= 15 is 0 Å². The lowest BCUT2D eigenvalue weighted by Crippen LogP contribution is -2.34. The Morgan fingerprint density at radius 2 is 1.69 bits per heavy atom. The number of carbonyl (C=O) groups excluding carboxylic acids is 3. The number of esters is 1. The molecule has 0 radical (unpaired) electrons. The van der Waals surface area contributed by atoms with E-state index < -0.39 is 31.2 Å². The summed E-state index contributed by atoms with van der Waals surface area (Å²) < 4.78 is 38.1. The summed E-state index contributed by atoms with van der Waals surface area (Å²) in [7, 11) is 0. The number of rotatable bonds is 8. The minimum atomic E-state index is -2.93. The summed E-state index contributed by atoms with van der Waals surface area (Å²) in [4.78, 5) is 35.0. The van der Waals surface area contributed by atoms with Crippen LogP contribution in [0.5, 0.6) is 5.75 Å². The molecule has 2 N–H and O–H groups in total. The molecule has 2 aromatic rings. The predicted molar refractivity (Wildman–Crippen MR) is 98.2 cm³/mol. The van der Waals surface area contributed by atoms with Crippen molar-refractivity contribution in [2.24, 2.45) is 0 Å². The van der Waals surface area contributed by atoms with E-state index in [-0.39, 0.29) is 17.9 Å². The highest BCUT2D eigenvalue weighted by molar-refractivity contribution is 5.98. The maximum absolute atomic E-state index is 12.3. The molecule has 8 nitrogen and oxygen atoms in total. The van der Waals surface area contributed by atoms with Crippen molar-refractivity contribution in [3.8, 4) is 5.75 Å². The van der Waals surface area contributed by atoms with Crippen LogP contribution < -0.4 is 15.4 Å². The van der Waals surface area contributed by atoms with Crippen LogP contribution in [-0.2, 0) is 14.3 Å². The minimum absolute atomic E-state index is 0.00847. The Kier molecular flexibility index (Phi) is 7.89. The van der Waals surface area contributed by atoms with Crippen molar-refractivity contribution >= 4 is 29.3 Å². The molecule has 10 heteroatoms. The van der Waals surface area contributed by atoms with Crippen LogP contribution in [0.4, 0.5) is 25.0 Å². The summed E-state index contributed by atoms with van der Waals surface area (Å²) in [5.41, 5.74) is 1.00. The zero-order valence-electron chi connectivity index (χ0n) is 15.3. The molecule has 0 fully saturated rings. The number of benzene rings is 2. The number of alkyl carbamates (subject to hydrolysis) is 1. The summed E-state index contributed by atoms with van der Waals surface area (Å²) in [6.45, 7) is -1.93. The zero-order valence-corrected chi connectivity index (χ0v) is 15.3. The van der Waals surface area contributed by atoms with Gasteiger partial charge in [-0.15, -0.1) is 0 Å². The molecule has 0 saturated carbocycles. The minimum Gasteiger partial charge on any atom is -0.452 e. The Hall–Kier alpha value is -3.69. The van der Waals surface area contributed by atoms with Crippen LogP contribution >= 0.6 is 0 Å². The number of alkyl halides is 2. The third-order valence-electron chi connectivity index (χ3n) is 3.36. The maximum atomic E-state index is 12.3. The van der Waals surface area contributed by atoms with Gasteiger partial charge in [0.25, 0.3) is 5.91 Å².